The monoisotopic (exact) mass is 852 g/mol. The lowest BCUT2D eigenvalue weighted by Gasteiger charge is -2.39. The molecule has 2 aliphatic rings. The van der Waals surface area contributed by atoms with E-state index in [1.54, 1.807) is 0 Å². The maximum absolute atomic E-state index is 6.22. The quantitative estimate of drug-likeness (QED) is 0.127. The van der Waals surface area contributed by atoms with Gasteiger partial charge in [0.05, 0.1) is 6.61 Å². The summed E-state index contributed by atoms with van der Waals surface area (Å²) in [4.78, 5) is 10.5. The minimum atomic E-state index is -0.136. The van der Waals surface area contributed by atoms with E-state index in [-0.39, 0.29) is 11.2 Å². The highest BCUT2D eigenvalue weighted by Gasteiger charge is 2.32. The van der Waals surface area contributed by atoms with Crippen LogP contribution in [0.3, 0.4) is 0 Å². The first kappa shape index (κ1) is 40.7. The van der Waals surface area contributed by atoms with E-state index < -0.39 is 0 Å². The van der Waals surface area contributed by atoms with Crippen molar-refractivity contribution >= 4 is 61.3 Å². The third-order valence-corrected chi connectivity index (χ3v) is 10.4. The SMILES string of the molecule is BrCCOc1ccc2ncoc2c1.CC1(Oc2ccc(Cl)cc2)CCN(CCOc2ccc3ncoc3c2)CC1.CC1(Oc2ccc(Cl)cc2)CCNCC1. The lowest BCUT2D eigenvalue weighted by atomic mass is 9.93. The summed E-state index contributed by atoms with van der Waals surface area (Å²) >= 11 is 15.1. The molecule has 0 amide bonds. The third kappa shape index (κ3) is 12.5. The van der Waals surface area contributed by atoms with Crippen LogP contribution in [0.5, 0.6) is 23.0 Å². The van der Waals surface area contributed by atoms with Gasteiger partial charge in [-0.25, -0.2) is 9.97 Å². The van der Waals surface area contributed by atoms with Crippen molar-refractivity contribution in [3.05, 3.63) is 108 Å². The average molecular weight is 855 g/mol. The Hall–Kier alpha value is -4.00. The van der Waals surface area contributed by atoms with E-state index in [2.05, 4.69) is 50.0 Å². The van der Waals surface area contributed by atoms with E-state index >= 15 is 0 Å². The Bertz CT molecular complexity index is 2050. The van der Waals surface area contributed by atoms with E-state index in [1.165, 1.54) is 12.8 Å². The van der Waals surface area contributed by atoms with Gasteiger partial charge in [0.25, 0.3) is 0 Å². The number of hydrogen-bond donors (Lipinski definition) is 1. The molecule has 0 aliphatic carbocycles. The number of nitrogens with zero attached hydrogens (tertiary/aromatic N) is 3. The number of piperidine rings is 2. The van der Waals surface area contributed by atoms with Gasteiger partial charge >= 0.3 is 0 Å². The largest absolute Gasteiger partial charge is 0.493 e. The molecule has 1 N–H and O–H groups in total. The lowest BCUT2D eigenvalue weighted by Crippen LogP contribution is -2.47. The molecule has 0 radical (unpaired) electrons. The molecule has 2 aliphatic heterocycles. The van der Waals surface area contributed by atoms with Crippen LogP contribution in [0.4, 0.5) is 0 Å². The minimum Gasteiger partial charge on any atom is -0.493 e. The van der Waals surface area contributed by atoms with Gasteiger partial charge in [-0.05, 0) is 125 Å². The first-order valence-electron chi connectivity index (χ1n) is 18.5. The Morgan fingerprint density at radius 3 is 1.60 bits per heavy atom. The summed E-state index contributed by atoms with van der Waals surface area (Å²) in [6.45, 7) is 10.6. The van der Waals surface area contributed by atoms with Crippen LogP contribution in [0.25, 0.3) is 22.2 Å². The number of aromatic nitrogens is 2. The van der Waals surface area contributed by atoms with Gasteiger partial charge in [0.1, 0.15) is 51.8 Å². The van der Waals surface area contributed by atoms with Crippen LogP contribution in [0.2, 0.25) is 10.0 Å². The summed E-state index contributed by atoms with van der Waals surface area (Å²) in [5.74, 6) is 3.40. The molecule has 8 rings (SSSR count). The molecule has 4 heterocycles. The topological polar surface area (TPSA) is 104 Å². The van der Waals surface area contributed by atoms with E-state index in [0.29, 0.717) is 13.2 Å². The summed E-state index contributed by atoms with van der Waals surface area (Å²) in [5, 5.41) is 5.63. The highest BCUT2D eigenvalue weighted by molar-refractivity contribution is 9.09. The van der Waals surface area contributed by atoms with Gasteiger partial charge < -0.3 is 33.1 Å². The highest BCUT2D eigenvalue weighted by atomic mass is 79.9. The van der Waals surface area contributed by atoms with E-state index in [4.69, 9.17) is 51.0 Å². The Morgan fingerprint density at radius 2 is 1.11 bits per heavy atom. The van der Waals surface area contributed by atoms with Crippen molar-refractivity contribution < 1.29 is 27.8 Å². The van der Waals surface area contributed by atoms with Gasteiger partial charge in [0, 0.05) is 47.1 Å². The van der Waals surface area contributed by atoms with Gasteiger partial charge in [-0.3, -0.25) is 4.90 Å². The molecule has 0 saturated carbocycles. The Labute approximate surface area is 340 Å². The second-order valence-electron chi connectivity index (χ2n) is 14.0. The molecular weight excluding hydrogens is 807 g/mol. The number of halogens is 3. The van der Waals surface area contributed by atoms with Crippen LogP contribution in [-0.4, -0.2) is 77.3 Å². The van der Waals surface area contributed by atoms with Crippen LogP contribution in [0, 0.1) is 0 Å². The maximum Gasteiger partial charge on any atom is 0.181 e. The molecule has 55 heavy (non-hydrogen) atoms. The first-order chi connectivity index (χ1) is 26.7. The van der Waals surface area contributed by atoms with Gasteiger partial charge in [0.2, 0.25) is 0 Å². The maximum atomic E-state index is 6.22. The predicted molar refractivity (Wildman–Crippen MR) is 222 cm³/mol. The second kappa shape index (κ2) is 19.7. The second-order valence-corrected chi connectivity index (χ2v) is 15.6. The average Bonchev–Trinajstić information content (AvgIpc) is 3.87. The molecule has 0 atom stereocenters. The molecule has 2 saturated heterocycles. The molecule has 10 nitrogen and oxygen atoms in total. The number of oxazole rings is 2. The smallest absolute Gasteiger partial charge is 0.181 e. The summed E-state index contributed by atoms with van der Waals surface area (Å²) in [5.41, 5.74) is 3.04. The number of ether oxygens (including phenoxy) is 4. The fourth-order valence-electron chi connectivity index (χ4n) is 6.28. The normalized spacial score (nSPS) is 16.3. The lowest BCUT2D eigenvalue weighted by molar-refractivity contribution is 0.0135. The molecule has 2 aromatic heterocycles. The third-order valence-electron chi connectivity index (χ3n) is 9.56. The van der Waals surface area contributed by atoms with Crippen molar-refractivity contribution in [2.24, 2.45) is 0 Å². The minimum absolute atomic E-state index is 0.0287. The molecule has 2 fully saturated rings. The van der Waals surface area contributed by atoms with Crippen molar-refractivity contribution in [1.82, 2.24) is 20.2 Å². The van der Waals surface area contributed by atoms with E-state index in [1.807, 2.05) is 84.9 Å². The Balaban J connectivity index is 0.000000155. The first-order valence-corrected chi connectivity index (χ1v) is 20.4. The zero-order valence-electron chi connectivity index (χ0n) is 31.1. The molecule has 0 bridgehead atoms. The fourth-order valence-corrected chi connectivity index (χ4v) is 6.70. The standard InChI is InChI=1S/C21H23ClN2O3.C12H16ClNO.C9H8BrNO2/c1-21(27-17-4-2-16(22)3-5-17)8-10-24(11-9-21)12-13-25-18-6-7-19-20(14-18)26-15-23-19;1-12(6-8-14-9-7-12)15-11-4-2-10(13)3-5-11;10-3-4-12-7-1-2-8-9(5-7)13-6-11-8/h2-7,14-15H,8-13H2,1H3;2-5,14H,6-9H2,1H3;1-2,5-6H,3-4H2. The molecule has 13 heteroatoms. The number of rotatable bonds is 11. The van der Waals surface area contributed by atoms with Crippen molar-refractivity contribution in [3.63, 3.8) is 0 Å². The fraction of sp³-hybridized carbons (Fsp3) is 0.381. The molecule has 292 valence electrons. The van der Waals surface area contributed by atoms with Gasteiger partial charge in [-0.15, -0.1) is 0 Å². The number of alkyl halides is 1. The van der Waals surface area contributed by atoms with Crippen molar-refractivity contribution in [2.75, 3.05) is 51.3 Å². The zero-order chi connectivity index (χ0) is 38.5. The Kier molecular flexibility index (Phi) is 14.6. The number of fused-ring (bicyclic) bond motifs is 2. The molecule has 0 spiro atoms. The number of hydrogen-bond acceptors (Lipinski definition) is 10. The highest BCUT2D eigenvalue weighted by Crippen LogP contribution is 2.30. The van der Waals surface area contributed by atoms with Crippen molar-refractivity contribution in [3.8, 4) is 23.0 Å². The summed E-state index contributed by atoms with van der Waals surface area (Å²) in [7, 11) is 0. The Morgan fingerprint density at radius 1 is 0.655 bits per heavy atom. The molecule has 6 aromatic rings. The zero-order valence-corrected chi connectivity index (χ0v) is 34.2. The van der Waals surface area contributed by atoms with Gasteiger partial charge in [-0.1, -0.05) is 39.1 Å². The molecular formula is C42H47BrCl2N4O6. The van der Waals surface area contributed by atoms with Crippen molar-refractivity contribution in [1.29, 1.82) is 0 Å². The summed E-state index contributed by atoms with van der Waals surface area (Å²) in [6.07, 6.45) is 6.95. The number of likely N-dealkylation sites (tertiary alicyclic amines) is 1. The summed E-state index contributed by atoms with van der Waals surface area (Å²) in [6, 6.07) is 26.5. The van der Waals surface area contributed by atoms with E-state index in [9.17, 15) is 0 Å². The van der Waals surface area contributed by atoms with Crippen molar-refractivity contribution in [2.45, 2.75) is 50.7 Å². The van der Waals surface area contributed by atoms with E-state index in [0.717, 1.165) is 119 Å². The van der Waals surface area contributed by atoms with Crippen LogP contribution >= 0.6 is 39.1 Å². The number of benzene rings is 4. The number of nitrogens with one attached hydrogen (secondary N) is 1. The van der Waals surface area contributed by atoms with Gasteiger partial charge in [0.15, 0.2) is 24.0 Å². The predicted octanol–water partition coefficient (Wildman–Crippen LogP) is 10.3. The van der Waals surface area contributed by atoms with Crippen LogP contribution in [0.1, 0.15) is 39.5 Å². The van der Waals surface area contributed by atoms with Crippen LogP contribution in [0.15, 0.2) is 107 Å². The van der Waals surface area contributed by atoms with Crippen LogP contribution in [-0.2, 0) is 0 Å². The molecule has 4 aromatic carbocycles. The van der Waals surface area contributed by atoms with Crippen LogP contribution < -0.4 is 24.3 Å². The van der Waals surface area contributed by atoms with Gasteiger partial charge in [-0.2, -0.15) is 0 Å². The molecule has 0 unspecified atom stereocenters. The summed E-state index contributed by atoms with van der Waals surface area (Å²) < 4.78 is 33.9.